The number of rotatable bonds is 6. The maximum atomic E-state index is 13.2. The number of halogens is 1. The average Bonchev–Trinajstić information content (AvgIpc) is 2.98. The first-order chi connectivity index (χ1) is 15.4. The average molecular weight is 477 g/mol. The van der Waals surface area contributed by atoms with Crippen LogP contribution in [0.2, 0.25) is 5.02 Å². The number of hydrogen-bond acceptors (Lipinski definition) is 4. The summed E-state index contributed by atoms with van der Waals surface area (Å²) in [6.07, 6.45) is 3.94. The summed E-state index contributed by atoms with van der Waals surface area (Å²) in [7, 11) is 3.21. The molecule has 1 heterocycles. The van der Waals surface area contributed by atoms with Gasteiger partial charge in [-0.25, -0.2) is 4.79 Å². The molecule has 0 aromatic heterocycles. The van der Waals surface area contributed by atoms with E-state index in [2.05, 4.69) is 31.4 Å². The third kappa shape index (κ3) is 5.00. The molecule has 1 spiro atoms. The zero-order valence-corrected chi connectivity index (χ0v) is 20.7. The number of hydrogen-bond donors (Lipinski definition) is 2. The van der Waals surface area contributed by atoms with Crippen molar-refractivity contribution in [2.45, 2.75) is 58.4 Å². The van der Waals surface area contributed by atoms with Crippen molar-refractivity contribution in [1.82, 2.24) is 15.1 Å². The third-order valence-corrected chi connectivity index (χ3v) is 7.62. The molecule has 0 radical (unpaired) electrons. The number of urea groups is 1. The second-order valence-corrected chi connectivity index (χ2v) is 10.4. The summed E-state index contributed by atoms with van der Waals surface area (Å²) in [5.41, 5.74) is -0.111. The van der Waals surface area contributed by atoms with Gasteiger partial charge < -0.3 is 15.5 Å². The first-order valence-electron chi connectivity index (χ1n) is 11.4. The van der Waals surface area contributed by atoms with Gasteiger partial charge >= 0.3 is 6.03 Å². The third-order valence-electron chi connectivity index (χ3n) is 7.29. The summed E-state index contributed by atoms with van der Waals surface area (Å²) < 4.78 is 0. The molecule has 1 aromatic carbocycles. The predicted octanol–water partition coefficient (Wildman–Crippen LogP) is 3.90. The Morgan fingerprint density at radius 1 is 1.24 bits per heavy atom. The fraction of sp³-hybridized carbons (Fsp3) is 0.583. The van der Waals surface area contributed by atoms with Crippen molar-refractivity contribution in [2.24, 2.45) is 11.3 Å². The van der Waals surface area contributed by atoms with Crippen molar-refractivity contribution >= 4 is 41.0 Å². The number of carbonyl (C=O) groups is 4. The number of nitrogens with zero attached hydrogens (tertiary/aromatic N) is 2. The van der Waals surface area contributed by atoms with E-state index in [0.717, 1.165) is 24.2 Å². The van der Waals surface area contributed by atoms with Crippen molar-refractivity contribution in [3.05, 3.63) is 28.8 Å². The van der Waals surface area contributed by atoms with Crippen LogP contribution in [0.5, 0.6) is 0 Å². The number of imide groups is 1. The van der Waals surface area contributed by atoms with E-state index in [4.69, 9.17) is 11.6 Å². The lowest BCUT2D eigenvalue weighted by Crippen LogP contribution is -2.51. The number of carbonyl (C=O) groups excluding carboxylic acids is 4. The molecule has 3 rings (SSSR count). The van der Waals surface area contributed by atoms with Crippen LogP contribution in [-0.4, -0.2) is 59.7 Å². The highest BCUT2D eigenvalue weighted by molar-refractivity contribution is 6.34. The van der Waals surface area contributed by atoms with E-state index in [0.29, 0.717) is 24.4 Å². The molecule has 1 aliphatic carbocycles. The minimum atomic E-state index is -0.913. The van der Waals surface area contributed by atoms with Crippen LogP contribution in [0.3, 0.4) is 0 Å². The Bertz CT molecular complexity index is 967. The standard InChI is InChI=1S/C24H33ClN4O4/c1-6-23(2,3)15-9-11-24(12-10-15)21(32)29(22(33)27-24)14-19(30)26-16-7-8-18(25)17(13-16)20(31)28(4)5/h7-8,13,15H,6,9-12,14H2,1-5H3,(H,26,30)(H,27,33). The summed E-state index contributed by atoms with van der Waals surface area (Å²) >= 11 is 6.11. The maximum Gasteiger partial charge on any atom is 0.325 e. The fourth-order valence-corrected chi connectivity index (χ4v) is 4.89. The molecule has 0 unspecified atom stereocenters. The van der Waals surface area contributed by atoms with Crippen molar-refractivity contribution in [1.29, 1.82) is 0 Å². The molecular weight excluding hydrogens is 444 g/mol. The highest BCUT2D eigenvalue weighted by Crippen LogP contribution is 2.45. The quantitative estimate of drug-likeness (QED) is 0.608. The highest BCUT2D eigenvalue weighted by atomic mass is 35.5. The second kappa shape index (κ2) is 9.33. The summed E-state index contributed by atoms with van der Waals surface area (Å²) in [6, 6.07) is 4.03. The fourth-order valence-electron chi connectivity index (χ4n) is 4.69. The van der Waals surface area contributed by atoms with Crippen molar-refractivity contribution in [3.63, 3.8) is 0 Å². The van der Waals surface area contributed by atoms with Gasteiger partial charge in [-0.1, -0.05) is 38.8 Å². The zero-order chi connectivity index (χ0) is 24.6. The second-order valence-electron chi connectivity index (χ2n) is 9.96. The molecule has 1 aliphatic heterocycles. The minimum Gasteiger partial charge on any atom is -0.345 e. The van der Waals surface area contributed by atoms with Crippen LogP contribution in [-0.2, 0) is 9.59 Å². The molecular formula is C24H33ClN4O4. The Hall–Kier alpha value is -2.61. The van der Waals surface area contributed by atoms with E-state index in [1.807, 2.05) is 0 Å². The van der Waals surface area contributed by atoms with Gasteiger partial charge in [-0.2, -0.15) is 0 Å². The molecule has 33 heavy (non-hydrogen) atoms. The van der Waals surface area contributed by atoms with Gasteiger partial charge in [0.1, 0.15) is 12.1 Å². The van der Waals surface area contributed by atoms with Crippen molar-refractivity contribution in [2.75, 3.05) is 26.0 Å². The van der Waals surface area contributed by atoms with E-state index in [1.165, 1.54) is 17.0 Å². The number of anilines is 1. The van der Waals surface area contributed by atoms with Crippen LogP contribution < -0.4 is 10.6 Å². The van der Waals surface area contributed by atoms with Crippen LogP contribution in [0.1, 0.15) is 63.2 Å². The number of nitrogens with one attached hydrogen (secondary N) is 2. The summed E-state index contributed by atoms with van der Waals surface area (Å²) in [5, 5.41) is 5.79. The molecule has 1 saturated heterocycles. The van der Waals surface area contributed by atoms with Gasteiger partial charge in [0.15, 0.2) is 0 Å². The normalized spacial score (nSPS) is 23.0. The molecule has 1 aromatic rings. The Labute approximate surface area is 200 Å². The van der Waals surface area contributed by atoms with E-state index in [-0.39, 0.29) is 27.8 Å². The summed E-state index contributed by atoms with van der Waals surface area (Å²) in [4.78, 5) is 53.0. The molecule has 180 valence electrons. The molecule has 1 saturated carbocycles. The first-order valence-corrected chi connectivity index (χ1v) is 11.7. The monoisotopic (exact) mass is 476 g/mol. The van der Waals surface area contributed by atoms with Crippen LogP contribution in [0.4, 0.5) is 10.5 Å². The molecule has 0 bridgehead atoms. The molecule has 2 aliphatic rings. The van der Waals surface area contributed by atoms with E-state index in [9.17, 15) is 19.2 Å². The van der Waals surface area contributed by atoms with E-state index >= 15 is 0 Å². The molecule has 2 fully saturated rings. The van der Waals surface area contributed by atoms with Crippen LogP contribution >= 0.6 is 11.6 Å². The van der Waals surface area contributed by atoms with Crippen LogP contribution in [0.15, 0.2) is 18.2 Å². The molecule has 2 N–H and O–H groups in total. The smallest absolute Gasteiger partial charge is 0.325 e. The van der Waals surface area contributed by atoms with Crippen molar-refractivity contribution in [3.8, 4) is 0 Å². The largest absolute Gasteiger partial charge is 0.345 e. The maximum absolute atomic E-state index is 13.2. The Balaban J connectivity index is 1.66. The zero-order valence-electron chi connectivity index (χ0n) is 20.0. The lowest BCUT2D eigenvalue weighted by Gasteiger charge is -2.42. The lowest BCUT2D eigenvalue weighted by atomic mass is 9.65. The molecule has 9 heteroatoms. The number of amides is 5. The Kier molecular flexibility index (Phi) is 7.07. The van der Waals surface area contributed by atoms with Crippen LogP contribution in [0.25, 0.3) is 0 Å². The van der Waals surface area contributed by atoms with Gasteiger partial charge in [0.05, 0.1) is 10.6 Å². The Morgan fingerprint density at radius 3 is 2.45 bits per heavy atom. The predicted molar refractivity (Wildman–Crippen MR) is 127 cm³/mol. The lowest BCUT2D eigenvalue weighted by molar-refractivity contribution is -0.135. The van der Waals surface area contributed by atoms with Gasteiger partial charge in [0.2, 0.25) is 5.91 Å². The molecule has 0 atom stereocenters. The van der Waals surface area contributed by atoms with E-state index < -0.39 is 24.0 Å². The van der Waals surface area contributed by atoms with Gasteiger partial charge in [0, 0.05) is 19.8 Å². The first kappa shape index (κ1) is 25.0. The van der Waals surface area contributed by atoms with Crippen molar-refractivity contribution < 1.29 is 19.2 Å². The van der Waals surface area contributed by atoms with Gasteiger partial charge in [-0.15, -0.1) is 0 Å². The number of benzene rings is 1. The molecule has 5 amide bonds. The topological polar surface area (TPSA) is 98.8 Å². The minimum absolute atomic E-state index is 0.193. The summed E-state index contributed by atoms with van der Waals surface area (Å²) in [6.45, 7) is 6.27. The summed E-state index contributed by atoms with van der Waals surface area (Å²) in [5.74, 6) is -0.662. The Morgan fingerprint density at radius 2 is 1.88 bits per heavy atom. The van der Waals surface area contributed by atoms with Gasteiger partial charge in [0.25, 0.3) is 11.8 Å². The SMILES string of the molecule is CCC(C)(C)C1CCC2(CC1)NC(=O)N(CC(=O)Nc1ccc(Cl)c(C(=O)N(C)C)c1)C2=O. The van der Waals surface area contributed by atoms with E-state index in [1.54, 1.807) is 20.2 Å². The van der Waals surface area contributed by atoms with Gasteiger partial charge in [-0.3, -0.25) is 19.3 Å². The van der Waals surface area contributed by atoms with Gasteiger partial charge in [-0.05, 0) is 55.2 Å². The molecule has 8 nitrogen and oxygen atoms in total. The highest BCUT2D eigenvalue weighted by Gasteiger charge is 2.53. The van der Waals surface area contributed by atoms with Crippen LogP contribution in [0, 0.1) is 11.3 Å².